The lowest BCUT2D eigenvalue weighted by Crippen LogP contribution is -2.54. The second-order valence-corrected chi connectivity index (χ2v) is 8.74. The summed E-state index contributed by atoms with van der Waals surface area (Å²) in [5.74, 6) is 0.525. The van der Waals surface area contributed by atoms with Crippen molar-refractivity contribution in [1.29, 1.82) is 0 Å². The zero-order chi connectivity index (χ0) is 21.9. The van der Waals surface area contributed by atoms with Crippen LogP contribution >= 0.6 is 0 Å². The summed E-state index contributed by atoms with van der Waals surface area (Å²) in [4.78, 5) is 32.7. The van der Waals surface area contributed by atoms with Gasteiger partial charge in [0.1, 0.15) is 6.04 Å². The van der Waals surface area contributed by atoms with Crippen molar-refractivity contribution in [2.45, 2.75) is 57.2 Å². The van der Waals surface area contributed by atoms with Gasteiger partial charge in [-0.2, -0.15) is 0 Å². The van der Waals surface area contributed by atoms with Crippen LogP contribution in [0.3, 0.4) is 0 Å². The van der Waals surface area contributed by atoms with E-state index in [1.54, 1.807) is 4.90 Å². The topological polar surface area (TPSA) is 79.3 Å². The lowest BCUT2D eigenvalue weighted by Gasteiger charge is -2.27. The zero-order valence-electron chi connectivity index (χ0n) is 18.2. The van der Waals surface area contributed by atoms with Gasteiger partial charge in [0.15, 0.2) is 0 Å². The van der Waals surface area contributed by atoms with Crippen LogP contribution in [0.15, 0.2) is 54.6 Å². The van der Waals surface area contributed by atoms with Gasteiger partial charge in [-0.25, -0.2) is 9.78 Å². The van der Waals surface area contributed by atoms with Crippen molar-refractivity contribution in [3.8, 4) is 0 Å². The first-order valence-corrected chi connectivity index (χ1v) is 11.6. The molecule has 2 heterocycles. The summed E-state index contributed by atoms with van der Waals surface area (Å²) in [7, 11) is 0. The van der Waals surface area contributed by atoms with Crippen LogP contribution in [0.2, 0.25) is 0 Å². The fourth-order valence-corrected chi connectivity index (χ4v) is 4.82. The van der Waals surface area contributed by atoms with Gasteiger partial charge in [0.05, 0.1) is 11.0 Å². The van der Waals surface area contributed by atoms with Crippen molar-refractivity contribution >= 4 is 28.9 Å². The lowest BCUT2D eigenvalue weighted by molar-refractivity contribution is -0.123. The van der Waals surface area contributed by atoms with Crippen molar-refractivity contribution in [1.82, 2.24) is 20.2 Å². The van der Waals surface area contributed by atoms with Crippen LogP contribution in [0, 0.1) is 0 Å². The first-order chi connectivity index (χ1) is 15.7. The fourth-order valence-electron chi connectivity index (χ4n) is 4.82. The van der Waals surface area contributed by atoms with Gasteiger partial charge in [0, 0.05) is 25.6 Å². The molecule has 7 nitrogen and oxygen atoms in total. The van der Waals surface area contributed by atoms with Gasteiger partial charge in [-0.1, -0.05) is 61.7 Å². The Morgan fingerprint density at radius 1 is 0.969 bits per heavy atom. The van der Waals surface area contributed by atoms with Gasteiger partial charge in [-0.05, 0) is 30.5 Å². The highest BCUT2D eigenvalue weighted by Crippen LogP contribution is 2.27. The molecule has 1 fully saturated rings. The number of carbonyl (C=O) groups excluding carboxylic acids is 2. The minimum Gasteiger partial charge on any atom is -0.352 e. The summed E-state index contributed by atoms with van der Waals surface area (Å²) in [6.07, 6.45) is 5.99. The molecule has 1 aliphatic heterocycles. The standard InChI is InChI=1S/C25H29N5O2/c31-23(26-19-11-5-2-6-12-19)21(17-18-9-3-1-4-10-18)28-25(32)30-16-15-29-22-14-8-7-13-20(22)27-24(29)30/h1,3-4,7-10,13-14,19,21H,2,5-6,11-12,15-17H2,(H,26,31)(H,28,32)/t21-/m0/s1. The molecule has 7 heteroatoms. The highest BCUT2D eigenvalue weighted by molar-refractivity contribution is 5.96. The van der Waals surface area contributed by atoms with Crippen LogP contribution in [-0.2, 0) is 17.8 Å². The predicted molar refractivity (Wildman–Crippen MR) is 125 cm³/mol. The van der Waals surface area contributed by atoms with Gasteiger partial charge in [0.2, 0.25) is 11.9 Å². The summed E-state index contributed by atoms with van der Waals surface area (Å²) in [6.45, 7) is 1.24. The number of fused-ring (bicyclic) bond motifs is 3. The number of anilines is 1. The van der Waals surface area contributed by atoms with Crippen LogP contribution < -0.4 is 15.5 Å². The van der Waals surface area contributed by atoms with Crippen molar-refractivity contribution < 1.29 is 9.59 Å². The molecule has 0 bridgehead atoms. The van der Waals surface area contributed by atoms with Gasteiger partial charge >= 0.3 is 6.03 Å². The quantitative estimate of drug-likeness (QED) is 0.648. The first-order valence-electron chi connectivity index (χ1n) is 11.6. The average molecular weight is 432 g/mol. The molecule has 3 aromatic rings. The molecule has 2 N–H and O–H groups in total. The maximum Gasteiger partial charge on any atom is 0.324 e. The summed E-state index contributed by atoms with van der Waals surface area (Å²) in [5, 5.41) is 6.19. The van der Waals surface area contributed by atoms with Crippen LogP contribution in [0.25, 0.3) is 11.0 Å². The van der Waals surface area contributed by atoms with Gasteiger partial charge < -0.3 is 15.2 Å². The van der Waals surface area contributed by atoms with Crippen molar-refractivity contribution in [2.75, 3.05) is 11.4 Å². The third kappa shape index (κ3) is 4.20. The minimum absolute atomic E-state index is 0.109. The number of amides is 3. The summed E-state index contributed by atoms with van der Waals surface area (Å²) < 4.78 is 2.06. The van der Waals surface area contributed by atoms with E-state index in [4.69, 9.17) is 0 Å². The zero-order valence-corrected chi connectivity index (χ0v) is 18.2. The van der Waals surface area contributed by atoms with Crippen LogP contribution in [0.1, 0.15) is 37.7 Å². The number of imidazole rings is 1. The van der Waals surface area contributed by atoms with E-state index in [-0.39, 0.29) is 18.0 Å². The highest BCUT2D eigenvalue weighted by atomic mass is 16.2. The Labute approximate surface area is 187 Å². The van der Waals surface area contributed by atoms with Crippen molar-refractivity contribution in [2.24, 2.45) is 0 Å². The molecule has 0 unspecified atom stereocenters. The summed E-state index contributed by atoms with van der Waals surface area (Å²) in [5.41, 5.74) is 2.91. The normalized spacial score (nSPS) is 17.2. The van der Waals surface area contributed by atoms with Crippen molar-refractivity contribution in [3.63, 3.8) is 0 Å². The molecule has 1 atom stereocenters. The molecule has 1 aromatic heterocycles. The molecule has 32 heavy (non-hydrogen) atoms. The van der Waals surface area contributed by atoms with Gasteiger partial charge in [-0.15, -0.1) is 0 Å². The van der Waals surface area contributed by atoms with E-state index in [0.717, 1.165) is 42.3 Å². The van der Waals surface area contributed by atoms with E-state index in [1.165, 1.54) is 6.42 Å². The number of hydrogen-bond acceptors (Lipinski definition) is 3. The van der Waals surface area contributed by atoms with E-state index in [2.05, 4.69) is 20.2 Å². The summed E-state index contributed by atoms with van der Waals surface area (Å²) in [6, 6.07) is 17.0. The average Bonchev–Trinajstić information content (AvgIpc) is 3.39. The second-order valence-electron chi connectivity index (χ2n) is 8.74. The van der Waals surface area contributed by atoms with Crippen LogP contribution in [0.5, 0.6) is 0 Å². The van der Waals surface area contributed by atoms with Crippen LogP contribution in [-0.4, -0.2) is 40.1 Å². The van der Waals surface area contributed by atoms with E-state index in [0.29, 0.717) is 25.5 Å². The second kappa shape index (κ2) is 9.02. The number of hydrogen-bond donors (Lipinski definition) is 2. The number of aromatic nitrogens is 2. The van der Waals surface area contributed by atoms with E-state index in [9.17, 15) is 9.59 Å². The molecule has 0 saturated heterocycles. The molecular weight excluding hydrogens is 402 g/mol. The predicted octanol–water partition coefficient (Wildman–Crippen LogP) is 3.63. The molecule has 0 spiro atoms. The number of nitrogens with zero attached hydrogens (tertiary/aromatic N) is 3. The largest absolute Gasteiger partial charge is 0.352 e. The molecule has 1 aliphatic carbocycles. The Bertz CT molecular complexity index is 1100. The van der Waals surface area contributed by atoms with Gasteiger partial charge in [0.25, 0.3) is 0 Å². The molecule has 2 aromatic carbocycles. The maximum absolute atomic E-state index is 13.3. The Kier molecular flexibility index (Phi) is 5.79. The minimum atomic E-state index is -0.634. The number of nitrogens with one attached hydrogen (secondary N) is 2. The monoisotopic (exact) mass is 431 g/mol. The highest BCUT2D eigenvalue weighted by Gasteiger charge is 2.32. The number of carbonyl (C=O) groups is 2. The molecule has 2 aliphatic rings. The Morgan fingerprint density at radius 2 is 1.72 bits per heavy atom. The van der Waals surface area contributed by atoms with Crippen LogP contribution in [0.4, 0.5) is 10.7 Å². The molecule has 0 radical (unpaired) electrons. The summed E-state index contributed by atoms with van der Waals surface area (Å²) >= 11 is 0. The third-order valence-corrected chi connectivity index (χ3v) is 6.52. The molecule has 5 rings (SSSR count). The molecule has 3 amide bonds. The van der Waals surface area contributed by atoms with E-state index in [1.807, 2.05) is 54.6 Å². The molecular formula is C25H29N5O2. The molecule has 1 saturated carbocycles. The van der Waals surface area contributed by atoms with Crippen molar-refractivity contribution in [3.05, 3.63) is 60.2 Å². The Morgan fingerprint density at radius 3 is 2.53 bits per heavy atom. The van der Waals surface area contributed by atoms with Gasteiger partial charge in [-0.3, -0.25) is 9.69 Å². The number of benzene rings is 2. The first kappa shape index (κ1) is 20.5. The third-order valence-electron chi connectivity index (χ3n) is 6.52. The number of rotatable bonds is 5. The van der Waals surface area contributed by atoms with E-state index >= 15 is 0 Å². The Hall–Kier alpha value is -3.35. The maximum atomic E-state index is 13.3. The SMILES string of the molecule is O=C(NC1CCCCC1)[C@H](Cc1ccccc1)NC(=O)N1CCn2c1nc1ccccc12. The number of urea groups is 1. The smallest absolute Gasteiger partial charge is 0.324 e. The lowest BCUT2D eigenvalue weighted by atomic mass is 9.95. The fraction of sp³-hybridized carbons (Fsp3) is 0.400. The molecule has 166 valence electrons. The van der Waals surface area contributed by atoms with E-state index < -0.39 is 6.04 Å². The Balaban J connectivity index is 1.34. The number of para-hydroxylation sites is 2.